The molecule has 2 rings (SSSR count). The van der Waals surface area contributed by atoms with Crippen molar-refractivity contribution in [1.29, 1.82) is 0 Å². The minimum atomic E-state index is -0.844. The molecule has 0 radical (unpaired) electrons. The van der Waals surface area contributed by atoms with Crippen LogP contribution in [0.5, 0.6) is 0 Å². The van der Waals surface area contributed by atoms with Crippen LogP contribution in [0, 0.1) is 0 Å². The van der Waals surface area contributed by atoms with Gasteiger partial charge in [-0.2, -0.15) is 0 Å². The summed E-state index contributed by atoms with van der Waals surface area (Å²) in [5, 5.41) is 9.49. The van der Waals surface area contributed by atoms with Gasteiger partial charge in [-0.05, 0) is 25.5 Å². The summed E-state index contributed by atoms with van der Waals surface area (Å²) in [5.74, 6) is -0.00136. The highest BCUT2D eigenvalue weighted by Crippen LogP contribution is 2.27. The van der Waals surface area contributed by atoms with Gasteiger partial charge in [0.05, 0.1) is 18.1 Å². The summed E-state index contributed by atoms with van der Waals surface area (Å²) < 4.78 is 7.46. The van der Waals surface area contributed by atoms with Gasteiger partial charge in [0.2, 0.25) is 0 Å². The van der Waals surface area contributed by atoms with Gasteiger partial charge in [-0.25, -0.2) is 4.98 Å². The molecule has 2 aromatic rings. The van der Waals surface area contributed by atoms with Gasteiger partial charge in [0.1, 0.15) is 5.76 Å². The fourth-order valence-electron chi connectivity index (χ4n) is 1.94. The Bertz CT molecular complexity index is 548. The van der Waals surface area contributed by atoms with Crippen molar-refractivity contribution in [3.8, 4) is 0 Å². The van der Waals surface area contributed by atoms with Crippen LogP contribution in [0.15, 0.2) is 34.2 Å². The molecule has 0 aliphatic heterocycles. The van der Waals surface area contributed by atoms with Crippen molar-refractivity contribution in [2.24, 2.45) is 0 Å². The largest absolute Gasteiger partial charge is 0.481 e. The lowest BCUT2D eigenvalue weighted by Gasteiger charge is -2.16. The molecule has 102 valence electrons. The van der Waals surface area contributed by atoms with Gasteiger partial charge >= 0.3 is 5.97 Å². The van der Waals surface area contributed by atoms with Crippen molar-refractivity contribution < 1.29 is 14.3 Å². The predicted molar refractivity (Wildman–Crippen MR) is 72.5 cm³/mol. The van der Waals surface area contributed by atoms with E-state index in [0.29, 0.717) is 5.16 Å². The number of carboxylic acid groups (broad SMARTS) is 1. The number of hydrogen-bond donors (Lipinski definition) is 1. The van der Waals surface area contributed by atoms with E-state index in [4.69, 9.17) is 9.52 Å². The van der Waals surface area contributed by atoms with Crippen LogP contribution in [0.1, 0.15) is 31.3 Å². The molecule has 0 fully saturated rings. The second-order valence-electron chi connectivity index (χ2n) is 4.13. The summed E-state index contributed by atoms with van der Waals surface area (Å²) in [4.78, 5) is 15.0. The maximum absolute atomic E-state index is 10.7. The Morgan fingerprint density at radius 2 is 2.42 bits per heavy atom. The Hall–Kier alpha value is -1.69. The van der Waals surface area contributed by atoms with Crippen molar-refractivity contribution in [2.75, 3.05) is 5.75 Å². The molecular weight excluding hydrogens is 264 g/mol. The Balaban J connectivity index is 2.30. The molecule has 0 saturated carbocycles. The molecular formula is C13H16N2O3S. The van der Waals surface area contributed by atoms with E-state index < -0.39 is 5.97 Å². The van der Waals surface area contributed by atoms with Gasteiger partial charge in [-0.15, -0.1) is 0 Å². The van der Waals surface area contributed by atoms with Crippen LogP contribution in [-0.2, 0) is 11.2 Å². The van der Waals surface area contributed by atoms with E-state index in [2.05, 4.69) is 4.98 Å². The zero-order chi connectivity index (χ0) is 13.8. The van der Waals surface area contributed by atoms with Gasteiger partial charge in [0, 0.05) is 11.9 Å². The molecule has 5 nitrogen and oxygen atoms in total. The summed E-state index contributed by atoms with van der Waals surface area (Å²) in [5.41, 5.74) is 1.07. The highest BCUT2D eigenvalue weighted by Gasteiger charge is 2.19. The standard InChI is InChI=1S/C13H16N2O3S/c1-3-10-7-14-13(19-8-12(16)17)15(10)9(2)11-5-4-6-18-11/h4-7,9H,3,8H2,1-2H3,(H,16,17). The molecule has 0 aliphatic rings. The van der Waals surface area contributed by atoms with Gasteiger partial charge in [-0.3, -0.25) is 4.79 Å². The number of rotatable bonds is 6. The third-order valence-corrected chi connectivity index (χ3v) is 3.82. The van der Waals surface area contributed by atoms with E-state index in [1.807, 2.05) is 30.5 Å². The molecule has 19 heavy (non-hydrogen) atoms. The van der Waals surface area contributed by atoms with Crippen LogP contribution in [0.4, 0.5) is 0 Å². The van der Waals surface area contributed by atoms with E-state index in [0.717, 1.165) is 17.9 Å². The van der Waals surface area contributed by atoms with Crippen molar-refractivity contribution >= 4 is 17.7 Å². The summed E-state index contributed by atoms with van der Waals surface area (Å²) in [6, 6.07) is 3.76. The van der Waals surface area contributed by atoms with Gasteiger partial charge in [0.15, 0.2) is 5.16 Å². The Morgan fingerprint density at radius 3 is 3.00 bits per heavy atom. The monoisotopic (exact) mass is 280 g/mol. The normalized spacial score (nSPS) is 12.5. The molecule has 1 N–H and O–H groups in total. The average molecular weight is 280 g/mol. The summed E-state index contributed by atoms with van der Waals surface area (Å²) >= 11 is 1.23. The third-order valence-electron chi connectivity index (χ3n) is 2.87. The molecule has 1 unspecified atom stereocenters. The fourth-order valence-corrected chi connectivity index (χ4v) is 2.74. The molecule has 0 aromatic carbocycles. The first-order valence-corrected chi connectivity index (χ1v) is 7.06. The zero-order valence-corrected chi connectivity index (χ0v) is 11.7. The first-order valence-electron chi connectivity index (χ1n) is 6.07. The van der Waals surface area contributed by atoms with Gasteiger partial charge in [0.25, 0.3) is 0 Å². The molecule has 2 aromatic heterocycles. The van der Waals surface area contributed by atoms with Crippen LogP contribution < -0.4 is 0 Å². The van der Waals surface area contributed by atoms with Crippen LogP contribution in [-0.4, -0.2) is 26.4 Å². The molecule has 0 amide bonds. The summed E-state index contributed by atoms with van der Waals surface area (Å²) in [7, 11) is 0. The van der Waals surface area contributed by atoms with Gasteiger partial charge < -0.3 is 14.1 Å². The quantitative estimate of drug-likeness (QED) is 0.824. The molecule has 2 heterocycles. The number of hydrogen-bond acceptors (Lipinski definition) is 4. The maximum atomic E-state index is 10.7. The lowest BCUT2D eigenvalue weighted by molar-refractivity contribution is -0.133. The number of furan rings is 1. The molecule has 1 atom stereocenters. The van der Waals surface area contributed by atoms with E-state index in [1.54, 1.807) is 12.5 Å². The lowest BCUT2D eigenvalue weighted by atomic mass is 10.2. The number of aliphatic carboxylic acids is 1. The molecule has 0 aliphatic carbocycles. The van der Waals surface area contributed by atoms with Crippen LogP contribution in [0.2, 0.25) is 0 Å². The predicted octanol–water partition coefficient (Wildman–Crippen LogP) is 2.82. The Morgan fingerprint density at radius 1 is 1.63 bits per heavy atom. The number of aryl methyl sites for hydroxylation is 1. The minimum Gasteiger partial charge on any atom is -0.481 e. The van der Waals surface area contributed by atoms with Crippen molar-refractivity contribution in [1.82, 2.24) is 9.55 Å². The highest BCUT2D eigenvalue weighted by atomic mass is 32.2. The second-order valence-corrected chi connectivity index (χ2v) is 5.07. The van der Waals surface area contributed by atoms with Crippen molar-refractivity contribution in [2.45, 2.75) is 31.5 Å². The van der Waals surface area contributed by atoms with Crippen LogP contribution >= 0.6 is 11.8 Å². The van der Waals surface area contributed by atoms with Gasteiger partial charge in [-0.1, -0.05) is 18.7 Å². The minimum absolute atomic E-state index is 0.00347. The second kappa shape index (κ2) is 5.97. The first kappa shape index (κ1) is 13.7. The SMILES string of the molecule is CCc1cnc(SCC(=O)O)n1C(C)c1ccco1. The maximum Gasteiger partial charge on any atom is 0.313 e. The highest BCUT2D eigenvalue weighted by molar-refractivity contribution is 7.99. The Labute approximate surface area is 115 Å². The third kappa shape index (κ3) is 3.01. The topological polar surface area (TPSA) is 68.3 Å². The first-order chi connectivity index (χ1) is 9.13. The smallest absolute Gasteiger partial charge is 0.313 e. The zero-order valence-electron chi connectivity index (χ0n) is 10.9. The summed E-state index contributed by atoms with van der Waals surface area (Å²) in [6.45, 7) is 4.07. The Kier molecular flexibility index (Phi) is 4.31. The summed E-state index contributed by atoms with van der Waals surface area (Å²) in [6.07, 6.45) is 4.27. The lowest BCUT2D eigenvalue weighted by Crippen LogP contribution is -2.11. The van der Waals surface area contributed by atoms with Crippen LogP contribution in [0.3, 0.4) is 0 Å². The van der Waals surface area contributed by atoms with E-state index in [1.165, 1.54) is 11.8 Å². The number of carboxylic acids is 1. The average Bonchev–Trinajstić information content (AvgIpc) is 3.04. The van der Waals surface area contributed by atoms with E-state index in [-0.39, 0.29) is 11.8 Å². The number of thioether (sulfide) groups is 1. The molecule has 6 heteroatoms. The molecule has 0 spiro atoms. The van der Waals surface area contributed by atoms with E-state index in [9.17, 15) is 4.79 Å². The fraction of sp³-hybridized carbons (Fsp3) is 0.385. The van der Waals surface area contributed by atoms with Crippen molar-refractivity contribution in [3.63, 3.8) is 0 Å². The number of carbonyl (C=O) groups is 1. The van der Waals surface area contributed by atoms with E-state index >= 15 is 0 Å². The van der Waals surface area contributed by atoms with Crippen molar-refractivity contribution in [3.05, 3.63) is 36.0 Å². The molecule has 0 bridgehead atoms. The number of nitrogens with zero attached hydrogens (tertiary/aromatic N) is 2. The number of imidazole rings is 1. The number of aromatic nitrogens is 2. The van der Waals surface area contributed by atoms with Crippen LogP contribution in [0.25, 0.3) is 0 Å². The molecule has 0 saturated heterocycles.